The molecule has 1 aliphatic heterocycles. The van der Waals surface area contributed by atoms with Crippen molar-refractivity contribution in [3.05, 3.63) is 69.9 Å². The number of aliphatic hydroxyl groups excluding tert-OH is 1. The SMILES string of the molecule is Cc1cc(/C(O)=C2\C(=O)C(=O)N(c3nncs3)C2c2ccccc2F)c(C)o1. The van der Waals surface area contributed by atoms with Crippen LogP contribution in [0.1, 0.15) is 28.7 Å². The monoisotopic (exact) mass is 399 g/mol. The van der Waals surface area contributed by atoms with Crippen molar-refractivity contribution in [2.45, 2.75) is 19.9 Å². The number of ketones is 1. The number of benzene rings is 1. The molecule has 1 unspecified atom stereocenters. The van der Waals surface area contributed by atoms with Crippen LogP contribution in [0.2, 0.25) is 0 Å². The van der Waals surface area contributed by atoms with Crippen molar-refractivity contribution >= 4 is 33.9 Å². The van der Waals surface area contributed by atoms with E-state index in [9.17, 15) is 19.1 Å². The molecule has 1 aromatic carbocycles. The highest BCUT2D eigenvalue weighted by Crippen LogP contribution is 2.43. The van der Waals surface area contributed by atoms with Crippen molar-refractivity contribution in [2.24, 2.45) is 0 Å². The maximum Gasteiger partial charge on any atom is 0.301 e. The fourth-order valence-electron chi connectivity index (χ4n) is 3.30. The van der Waals surface area contributed by atoms with Gasteiger partial charge < -0.3 is 9.52 Å². The van der Waals surface area contributed by atoms with E-state index in [0.717, 1.165) is 16.2 Å². The van der Waals surface area contributed by atoms with Crippen LogP contribution in [0.4, 0.5) is 9.52 Å². The van der Waals surface area contributed by atoms with E-state index in [-0.39, 0.29) is 21.8 Å². The Bertz CT molecular complexity index is 1120. The van der Waals surface area contributed by atoms with E-state index in [4.69, 9.17) is 4.42 Å². The fourth-order valence-corrected chi connectivity index (χ4v) is 3.89. The van der Waals surface area contributed by atoms with Gasteiger partial charge in [-0.15, -0.1) is 10.2 Å². The normalized spacial score (nSPS) is 18.8. The van der Waals surface area contributed by atoms with Gasteiger partial charge in [0, 0.05) is 5.56 Å². The van der Waals surface area contributed by atoms with Gasteiger partial charge >= 0.3 is 5.91 Å². The predicted molar refractivity (Wildman–Crippen MR) is 99.3 cm³/mol. The van der Waals surface area contributed by atoms with Crippen LogP contribution in [-0.4, -0.2) is 27.0 Å². The number of anilines is 1. The largest absolute Gasteiger partial charge is 0.507 e. The number of carbonyl (C=O) groups excluding carboxylic acids is 2. The average Bonchev–Trinajstić information content (AvgIpc) is 3.35. The van der Waals surface area contributed by atoms with Crippen LogP contribution in [-0.2, 0) is 9.59 Å². The van der Waals surface area contributed by atoms with Crippen molar-refractivity contribution < 1.29 is 23.5 Å². The van der Waals surface area contributed by atoms with Gasteiger partial charge in [0.25, 0.3) is 5.78 Å². The van der Waals surface area contributed by atoms with E-state index in [1.54, 1.807) is 26.0 Å². The number of aryl methyl sites for hydroxylation is 2. The summed E-state index contributed by atoms with van der Waals surface area (Å²) in [6, 6.07) is 6.15. The molecule has 4 rings (SSSR count). The summed E-state index contributed by atoms with van der Waals surface area (Å²) >= 11 is 1.03. The van der Waals surface area contributed by atoms with Gasteiger partial charge in [0.15, 0.2) is 0 Å². The van der Waals surface area contributed by atoms with Crippen molar-refractivity contribution in [1.82, 2.24) is 10.2 Å². The standard InChI is InChI=1S/C19H14FN3O4S/c1-9-7-12(10(2)27-9)16(24)14-15(11-5-3-4-6-13(11)20)23(18(26)17(14)25)19-22-21-8-28-19/h3-8,15,24H,1-2H3/b16-14+. The third-order valence-corrected chi connectivity index (χ3v) is 5.18. The second kappa shape index (κ2) is 6.68. The Labute approximate surface area is 162 Å². The number of aromatic nitrogens is 2. The Morgan fingerprint density at radius 1 is 1.29 bits per heavy atom. The Kier molecular flexibility index (Phi) is 4.31. The minimum Gasteiger partial charge on any atom is -0.507 e. The molecule has 1 fully saturated rings. The Morgan fingerprint density at radius 2 is 2.04 bits per heavy atom. The molecule has 1 saturated heterocycles. The third kappa shape index (κ3) is 2.71. The number of nitrogens with zero attached hydrogens (tertiary/aromatic N) is 3. The highest BCUT2D eigenvalue weighted by atomic mass is 32.1. The number of hydrogen-bond acceptors (Lipinski definition) is 7. The van der Waals surface area contributed by atoms with Crippen molar-refractivity contribution in [3.8, 4) is 0 Å². The molecule has 0 saturated carbocycles. The maximum atomic E-state index is 14.6. The molecule has 1 amide bonds. The molecule has 9 heteroatoms. The number of amides is 1. The van der Waals surface area contributed by atoms with Gasteiger partial charge in [-0.3, -0.25) is 14.5 Å². The Morgan fingerprint density at radius 3 is 2.64 bits per heavy atom. The van der Waals surface area contributed by atoms with Crippen LogP contribution in [0.15, 0.2) is 45.8 Å². The molecular formula is C19H14FN3O4S. The van der Waals surface area contributed by atoms with Gasteiger partial charge in [-0.2, -0.15) is 0 Å². The molecule has 0 aliphatic carbocycles. The van der Waals surface area contributed by atoms with Crippen LogP contribution in [0.25, 0.3) is 5.76 Å². The lowest BCUT2D eigenvalue weighted by Gasteiger charge is -2.22. The van der Waals surface area contributed by atoms with E-state index in [0.29, 0.717) is 11.5 Å². The van der Waals surface area contributed by atoms with Gasteiger partial charge in [0.2, 0.25) is 5.13 Å². The Hall–Kier alpha value is -3.33. The highest BCUT2D eigenvalue weighted by Gasteiger charge is 2.49. The number of Topliss-reactive ketones (excluding diaryl/α,β-unsaturated/α-hetero) is 1. The molecule has 0 bridgehead atoms. The molecule has 1 aliphatic rings. The molecule has 7 nitrogen and oxygen atoms in total. The van der Waals surface area contributed by atoms with Crippen LogP contribution < -0.4 is 4.90 Å². The first-order chi connectivity index (χ1) is 13.4. The summed E-state index contributed by atoms with van der Waals surface area (Å²) in [4.78, 5) is 26.7. The summed E-state index contributed by atoms with van der Waals surface area (Å²) in [5, 5.41) is 18.6. The van der Waals surface area contributed by atoms with Crippen molar-refractivity contribution in [1.29, 1.82) is 0 Å². The summed E-state index contributed by atoms with van der Waals surface area (Å²) in [6.07, 6.45) is 0. The maximum absolute atomic E-state index is 14.6. The Balaban J connectivity index is 1.99. The molecule has 28 heavy (non-hydrogen) atoms. The lowest BCUT2D eigenvalue weighted by atomic mass is 9.95. The number of aliphatic hydroxyl groups is 1. The van der Waals surface area contributed by atoms with E-state index >= 15 is 0 Å². The minimum absolute atomic E-state index is 0.0660. The first-order valence-electron chi connectivity index (χ1n) is 8.29. The quantitative estimate of drug-likeness (QED) is 0.411. The number of hydrogen-bond donors (Lipinski definition) is 1. The predicted octanol–water partition coefficient (Wildman–Crippen LogP) is 3.51. The number of rotatable bonds is 3. The van der Waals surface area contributed by atoms with Gasteiger partial charge in [-0.25, -0.2) is 4.39 Å². The summed E-state index contributed by atoms with van der Waals surface area (Å²) in [7, 11) is 0. The number of carbonyl (C=O) groups is 2. The second-order valence-corrected chi connectivity index (χ2v) is 7.05. The summed E-state index contributed by atoms with van der Waals surface area (Å²) in [5.41, 5.74) is 1.51. The lowest BCUT2D eigenvalue weighted by Crippen LogP contribution is -2.29. The molecule has 142 valence electrons. The van der Waals surface area contributed by atoms with Crippen LogP contribution in [0, 0.1) is 19.7 Å². The zero-order valence-corrected chi connectivity index (χ0v) is 15.7. The first kappa shape index (κ1) is 18.1. The van der Waals surface area contributed by atoms with Crippen molar-refractivity contribution in [3.63, 3.8) is 0 Å². The fraction of sp³-hybridized carbons (Fsp3) is 0.158. The third-order valence-electron chi connectivity index (χ3n) is 4.49. The molecule has 1 N–H and O–H groups in total. The van der Waals surface area contributed by atoms with E-state index in [1.807, 2.05) is 0 Å². The summed E-state index contributed by atoms with van der Waals surface area (Å²) in [5.74, 6) is -1.98. The van der Waals surface area contributed by atoms with Gasteiger partial charge in [-0.05, 0) is 26.0 Å². The van der Waals surface area contributed by atoms with Crippen LogP contribution >= 0.6 is 11.3 Å². The first-order valence-corrected chi connectivity index (χ1v) is 9.17. The van der Waals surface area contributed by atoms with E-state index < -0.39 is 29.3 Å². The summed E-state index contributed by atoms with van der Waals surface area (Å²) < 4.78 is 20.1. The zero-order chi connectivity index (χ0) is 20.0. The second-order valence-electron chi connectivity index (χ2n) is 6.24. The smallest absolute Gasteiger partial charge is 0.301 e. The molecule has 1 atom stereocenters. The topological polar surface area (TPSA) is 96.5 Å². The number of furan rings is 1. The molecule has 0 radical (unpaired) electrons. The number of halogens is 1. The molecule has 3 heterocycles. The van der Waals surface area contributed by atoms with Gasteiger partial charge in [0.05, 0.1) is 11.1 Å². The van der Waals surface area contributed by atoms with Gasteiger partial charge in [-0.1, -0.05) is 29.5 Å². The minimum atomic E-state index is -1.18. The van der Waals surface area contributed by atoms with Crippen molar-refractivity contribution in [2.75, 3.05) is 4.90 Å². The molecule has 0 spiro atoms. The molecule has 3 aromatic rings. The average molecular weight is 399 g/mol. The molecule has 2 aromatic heterocycles. The molecular weight excluding hydrogens is 385 g/mol. The van der Waals surface area contributed by atoms with Gasteiger partial charge in [0.1, 0.15) is 34.6 Å². The van der Waals surface area contributed by atoms with E-state index in [2.05, 4.69) is 10.2 Å². The van der Waals surface area contributed by atoms with E-state index in [1.165, 1.54) is 23.7 Å². The lowest BCUT2D eigenvalue weighted by molar-refractivity contribution is -0.132. The highest BCUT2D eigenvalue weighted by molar-refractivity contribution is 7.13. The summed E-state index contributed by atoms with van der Waals surface area (Å²) in [6.45, 7) is 3.32. The van der Waals surface area contributed by atoms with Crippen LogP contribution in [0.3, 0.4) is 0 Å². The van der Waals surface area contributed by atoms with Crippen LogP contribution in [0.5, 0.6) is 0 Å². The zero-order valence-electron chi connectivity index (χ0n) is 14.8.